The summed E-state index contributed by atoms with van der Waals surface area (Å²) in [7, 11) is 0. The standard InChI is InChI=1S/C22H24FNO2/c1-16-4-6-17(7-5-16)20(25)12-13-21(26)24-22(14-2-3-15-22)18-8-10-19(23)11-9-18/h4-11H,2-3,12-15H2,1H3,(H,24,26). The molecule has 3 rings (SSSR count). The van der Waals surface area contributed by atoms with E-state index in [-0.39, 0.29) is 30.3 Å². The fraction of sp³-hybridized carbons (Fsp3) is 0.364. The zero-order valence-corrected chi connectivity index (χ0v) is 15.1. The molecule has 1 aliphatic rings. The maximum absolute atomic E-state index is 13.2. The minimum atomic E-state index is -0.433. The Morgan fingerprint density at radius 2 is 1.58 bits per heavy atom. The van der Waals surface area contributed by atoms with Crippen LogP contribution in [0.4, 0.5) is 4.39 Å². The van der Waals surface area contributed by atoms with Gasteiger partial charge in [-0.15, -0.1) is 0 Å². The summed E-state index contributed by atoms with van der Waals surface area (Å²) in [6, 6.07) is 13.8. The molecule has 0 spiro atoms. The molecule has 0 aromatic heterocycles. The monoisotopic (exact) mass is 353 g/mol. The predicted molar refractivity (Wildman–Crippen MR) is 99.4 cm³/mol. The normalized spacial score (nSPS) is 15.6. The van der Waals surface area contributed by atoms with Crippen molar-refractivity contribution in [3.8, 4) is 0 Å². The summed E-state index contributed by atoms with van der Waals surface area (Å²) in [5.41, 5.74) is 2.24. The van der Waals surface area contributed by atoms with Crippen LogP contribution in [-0.2, 0) is 10.3 Å². The van der Waals surface area contributed by atoms with E-state index in [4.69, 9.17) is 0 Å². The number of nitrogens with one attached hydrogen (secondary N) is 1. The van der Waals surface area contributed by atoms with Gasteiger partial charge in [-0.1, -0.05) is 54.8 Å². The third-order valence-electron chi connectivity index (χ3n) is 5.19. The molecule has 1 N–H and O–H groups in total. The molecule has 0 unspecified atom stereocenters. The number of benzene rings is 2. The Kier molecular flexibility index (Phi) is 5.50. The van der Waals surface area contributed by atoms with Crippen LogP contribution in [0.5, 0.6) is 0 Å². The number of halogens is 1. The van der Waals surface area contributed by atoms with Crippen LogP contribution < -0.4 is 5.32 Å². The highest BCUT2D eigenvalue weighted by Crippen LogP contribution is 2.38. The van der Waals surface area contributed by atoms with Gasteiger partial charge in [-0.2, -0.15) is 0 Å². The second-order valence-corrected chi connectivity index (χ2v) is 7.13. The van der Waals surface area contributed by atoms with Crippen molar-refractivity contribution >= 4 is 11.7 Å². The van der Waals surface area contributed by atoms with Crippen LogP contribution in [0, 0.1) is 12.7 Å². The SMILES string of the molecule is Cc1ccc(C(=O)CCC(=O)NC2(c3ccc(F)cc3)CCCC2)cc1. The van der Waals surface area contributed by atoms with Crippen molar-refractivity contribution in [1.82, 2.24) is 5.32 Å². The van der Waals surface area contributed by atoms with Crippen molar-refractivity contribution in [2.24, 2.45) is 0 Å². The minimum absolute atomic E-state index is 0.0256. The molecule has 0 bridgehead atoms. The Morgan fingerprint density at radius 1 is 0.962 bits per heavy atom. The zero-order valence-electron chi connectivity index (χ0n) is 15.1. The Hall–Kier alpha value is -2.49. The minimum Gasteiger partial charge on any atom is -0.347 e. The largest absolute Gasteiger partial charge is 0.347 e. The first kappa shape index (κ1) is 18.3. The Labute approximate surface area is 153 Å². The van der Waals surface area contributed by atoms with E-state index in [0.29, 0.717) is 5.56 Å². The Morgan fingerprint density at radius 3 is 2.19 bits per heavy atom. The lowest BCUT2D eigenvalue weighted by atomic mass is 9.88. The van der Waals surface area contributed by atoms with Gasteiger partial charge in [0.2, 0.25) is 5.91 Å². The second-order valence-electron chi connectivity index (χ2n) is 7.13. The number of amides is 1. The fourth-order valence-corrected chi connectivity index (χ4v) is 3.67. The van der Waals surface area contributed by atoms with E-state index in [1.807, 2.05) is 19.1 Å². The number of Topliss-reactive ketones (excluding diaryl/α,β-unsaturated/α-hetero) is 1. The topological polar surface area (TPSA) is 46.2 Å². The number of ketones is 1. The third kappa shape index (κ3) is 4.18. The Bertz CT molecular complexity index is 775. The lowest BCUT2D eigenvalue weighted by Gasteiger charge is -2.31. The lowest BCUT2D eigenvalue weighted by molar-refractivity contribution is -0.123. The molecule has 2 aromatic rings. The number of hydrogen-bond acceptors (Lipinski definition) is 2. The maximum Gasteiger partial charge on any atom is 0.221 e. The van der Waals surface area contributed by atoms with E-state index in [9.17, 15) is 14.0 Å². The van der Waals surface area contributed by atoms with Gasteiger partial charge in [0, 0.05) is 18.4 Å². The molecule has 2 aromatic carbocycles. The number of carbonyl (C=O) groups excluding carboxylic acids is 2. The van der Waals surface area contributed by atoms with Crippen LogP contribution in [0.15, 0.2) is 48.5 Å². The first-order chi connectivity index (χ1) is 12.5. The predicted octanol–water partition coefficient (Wildman–Crippen LogP) is 4.68. The molecule has 0 heterocycles. The summed E-state index contributed by atoms with van der Waals surface area (Å²) < 4.78 is 13.2. The lowest BCUT2D eigenvalue weighted by Crippen LogP contribution is -2.43. The van der Waals surface area contributed by atoms with Crippen LogP contribution in [0.3, 0.4) is 0 Å². The van der Waals surface area contributed by atoms with E-state index in [1.165, 1.54) is 12.1 Å². The van der Waals surface area contributed by atoms with Gasteiger partial charge in [-0.25, -0.2) is 4.39 Å². The van der Waals surface area contributed by atoms with Gasteiger partial charge in [-0.05, 0) is 37.5 Å². The van der Waals surface area contributed by atoms with Crippen molar-refractivity contribution < 1.29 is 14.0 Å². The summed E-state index contributed by atoms with van der Waals surface area (Å²) in [6.45, 7) is 1.97. The van der Waals surface area contributed by atoms with Crippen LogP contribution >= 0.6 is 0 Å². The molecule has 136 valence electrons. The molecule has 26 heavy (non-hydrogen) atoms. The second kappa shape index (κ2) is 7.81. The van der Waals surface area contributed by atoms with Crippen molar-refractivity contribution in [3.63, 3.8) is 0 Å². The highest BCUT2D eigenvalue weighted by molar-refractivity contribution is 5.98. The average Bonchev–Trinajstić information content (AvgIpc) is 3.10. The van der Waals surface area contributed by atoms with E-state index in [1.54, 1.807) is 24.3 Å². The number of carbonyl (C=O) groups is 2. The van der Waals surface area contributed by atoms with Crippen LogP contribution in [-0.4, -0.2) is 11.7 Å². The first-order valence-corrected chi connectivity index (χ1v) is 9.15. The van der Waals surface area contributed by atoms with Gasteiger partial charge in [0.25, 0.3) is 0 Å². The maximum atomic E-state index is 13.2. The molecule has 0 saturated heterocycles. The average molecular weight is 353 g/mol. The fourth-order valence-electron chi connectivity index (χ4n) is 3.67. The van der Waals surface area contributed by atoms with E-state index < -0.39 is 5.54 Å². The summed E-state index contributed by atoms with van der Waals surface area (Å²) in [4.78, 5) is 24.8. The molecule has 1 fully saturated rings. The molecule has 0 atom stereocenters. The van der Waals surface area contributed by atoms with E-state index in [2.05, 4.69) is 5.32 Å². The van der Waals surface area contributed by atoms with Crippen LogP contribution in [0.1, 0.15) is 60.0 Å². The summed E-state index contributed by atoms with van der Waals surface area (Å²) in [5.74, 6) is -0.434. The van der Waals surface area contributed by atoms with Gasteiger partial charge in [0.05, 0.1) is 5.54 Å². The molecule has 1 amide bonds. The van der Waals surface area contributed by atoms with Crippen molar-refractivity contribution in [1.29, 1.82) is 0 Å². The molecular formula is C22H24FNO2. The van der Waals surface area contributed by atoms with Crippen molar-refractivity contribution in [2.75, 3.05) is 0 Å². The molecule has 0 radical (unpaired) electrons. The molecule has 1 aliphatic carbocycles. The molecule has 0 aliphatic heterocycles. The molecule has 3 nitrogen and oxygen atoms in total. The molecule has 1 saturated carbocycles. The van der Waals surface area contributed by atoms with Gasteiger partial charge < -0.3 is 5.32 Å². The smallest absolute Gasteiger partial charge is 0.221 e. The van der Waals surface area contributed by atoms with Crippen LogP contribution in [0.25, 0.3) is 0 Å². The highest BCUT2D eigenvalue weighted by atomic mass is 19.1. The Balaban J connectivity index is 1.62. The summed E-state index contributed by atoms with van der Waals surface area (Å²) >= 11 is 0. The number of aryl methyl sites for hydroxylation is 1. The summed E-state index contributed by atoms with van der Waals surface area (Å²) in [6.07, 6.45) is 4.09. The quantitative estimate of drug-likeness (QED) is 0.766. The first-order valence-electron chi connectivity index (χ1n) is 9.15. The number of hydrogen-bond donors (Lipinski definition) is 1. The van der Waals surface area contributed by atoms with Crippen molar-refractivity contribution in [2.45, 2.75) is 51.0 Å². The van der Waals surface area contributed by atoms with E-state index >= 15 is 0 Å². The van der Waals surface area contributed by atoms with Gasteiger partial charge in [0.15, 0.2) is 5.78 Å². The van der Waals surface area contributed by atoms with Crippen molar-refractivity contribution in [3.05, 3.63) is 71.0 Å². The molecule has 4 heteroatoms. The van der Waals surface area contributed by atoms with Crippen LogP contribution in [0.2, 0.25) is 0 Å². The van der Waals surface area contributed by atoms with Gasteiger partial charge in [-0.3, -0.25) is 9.59 Å². The number of rotatable bonds is 6. The van der Waals surface area contributed by atoms with E-state index in [0.717, 1.165) is 36.8 Å². The third-order valence-corrected chi connectivity index (χ3v) is 5.19. The van der Waals surface area contributed by atoms with Gasteiger partial charge in [0.1, 0.15) is 5.82 Å². The summed E-state index contributed by atoms with van der Waals surface area (Å²) in [5, 5.41) is 3.13. The zero-order chi connectivity index (χ0) is 18.6. The van der Waals surface area contributed by atoms with Gasteiger partial charge >= 0.3 is 0 Å². The highest BCUT2D eigenvalue weighted by Gasteiger charge is 2.36. The molecular weight excluding hydrogens is 329 g/mol.